The average molecular weight is 208 g/mol. The minimum atomic E-state index is -0.0396. The van der Waals surface area contributed by atoms with Gasteiger partial charge >= 0.3 is 0 Å². The summed E-state index contributed by atoms with van der Waals surface area (Å²) in [4.78, 5) is 11.6. The summed E-state index contributed by atoms with van der Waals surface area (Å²) in [5.74, 6) is -0.0396. The molecule has 0 unspecified atom stereocenters. The predicted octanol–water partition coefficient (Wildman–Crippen LogP) is 3.09. The number of hydrogen-bond acceptors (Lipinski definition) is 1. The first-order valence-corrected chi connectivity index (χ1v) is 4.76. The minimum Gasteiger partial charge on any atom is -0.321 e. The number of nitrogens with one attached hydrogen (secondary N) is 1. The van der Waals surface area contributed by atoms with Crippen molar-refractivity contribution in [3.05, 3.63) is 34.4 Å². The van der Waals surface area contributed by atoms with E-state index < -0.39 is 0 Å². The molecule has 0 saturated carbocycles. The van der Waals surface area contributed by atoms with Crippen molar-refractivity contribution in [3.63, 3.8) is 0 Å². The Morgan fingerprint density at radius 1 is 1.36 bits per heavy atom. The Kier molecular flexibility index (Phi) is 2.08. The van der Waals surface area contributed by atoms with Crippen LogP contribution in [0.15, 0.2) is 23.8 Å². The zero-order chi connectivity index (χ0) is 10.3. The molecule has 1 N–H and O–H groups in total. The fourth-order valence-electron chi connectivity index (χ4n) is 1.64. The van der Waals surface area contributed by atoms with E-state index in [1.807, 2.05) is 26.0 Å². The maximum atomic E-state index is 11.6. The Hall–Kier alpha value is -1.28. The normalized spacial score (nSPS) is 13.9. The molecule has 0 atom stereocenters. The van der Waals surface area contributed by atoms with Crippen LogP contribution in [0.1, 0.15) is 19.4 Å². The fourth-order valence-corrected chi connectivity index (χ4v) is 1.81. The highest BCUT2D eigenvalue weighted by atomic mass is 35.5. The number of amides is 1. The van der Waals surface area contributed by atoms with Gasteiger partial charge in [-0.05, 0) is 32.0 Å². The van der Waals surface area contributed by atoms with Crippen molar-refractivity contribution in [1.29, 1.82) is 0 Å². The number of anilines is 1. The maximum absolute atomic E-state index is 11.6. The second kappa shape index (κ2) is 3.14. The number of carbonyl (C=O) groups is 1. The van der Waals surface area contributed by atoms with Gasteiger partial charge in [0.05, 0.1) is 0 Å². The molecule has 3 heteroatoms. The zero-order valence-corrected chi connectivity index (χ0v) is 8.77. The van der Waals surface area contributed by atoms with Crippen LogP contribution in [-0.2, 0) is 4.79 Å². The zero-order valence-electron chi connectivity index (χ0n) is 8.02. The van der Waals surface area contributed by atoms with Gasteiger partial charge in [-0.15, -0.1) is 0 Å². The Morgan fingerprint density at radius 3 is 2.71 bits per heavy atom. The molecule has 0 spiro atoms. The molecule has 14 heavy (non-hydrogen) atoms. The molecule has 1 aliphatic rings. The number of halogens is 1. The van der Waals surface area contributed by atoms with Crippen molar-refractivity contribution in [2.75, 3.05) is 5.32 Å². The van der Waals surface area contributed by atoms with Gasteiger partial charge in [-0.2, -0.15) is 0 Å². The molecule has 0 saturated heterocycles. The van der Waals surface area contributed by atoms with Crippen LogP contribution in [0.4, 0.5) is 5.69 Å². The summed E-state index contributed by atoms with van der Waals surface area (Å²) in [5, 5.41) is 3.45. The third-order valence-electron chi connectivity index (χ3n) is 2.23. The predicted molar refractivity (Wildman–Crippen MR) is 58.3 cm³/mol. The molecule has 2 nitrogen and oxygen atoms in total. The van der Waals surface area contributed by atoms with E-state index in [2.05, 4.69) is 5.32 Å². The summed E-state index contributed by atoms with van der Waals surface area (Å²) in [7, 11) is 0. The monoisotopic (exact) mass is 207 g/mol. The highest BCUT2D eigenvalue weighted by Gasteiger charge is 2.24. The van der Waals surface area contributed by atoms with Crippen molar-refractivity contribution in [2.24, 2.45) is 0 Å². The van der Waals surface area contributed by atoms with Crippen molar-refractivity contribution < 1.29 is 4.79 Å². The van der Waals surface area contributed by atoms with Gasteiger partial charge in [0.25, 0.3) is 5.91 Å². The quantitative estimate of drug-likeness (QED) is 0.651. The Labute approximate surface area is 87.6 Å². The van der Waals surface area contributed by atoms with Crippen LogP contribution < -0.4 is 5.32 Å². The molecule has 1 aromatic carbocycles. The van der Waals surface area contributed by atoms with Crippen LogP contribution in [0.25, 0.3) is 5.57 Å². The smallest absolute Gasteiger partial charge is 0.256 e. The van der Waals surface area contributed by atoms with E-state index in [9.17, 15) is 4.79 Å². The van der Waals surface area contributed by atoms with Gasteiger partial charge < -0.3 is 5.32 Å². The van der Waals surface area contributed by atoms with Gasteiger partial charge in [0.15, 0.2) is 0 Å². The lowest BCUT2D eigenvalue weighted by Gasteiger charge is -2.00. The number of allylic oxidation sites excluding steroid dienone is 1. The molecular weight excluding hydrogens is 198 g/mol. The van der Waals surface area contributed by atoms with E-state index in [1.54, 1.807) is 6.07 Å². The van der Waals surface area contributed by atoms with Crippen LogP contribution in [0.3, 0.4) is 0 Å². The molecule has 1 amide bonds. The molecule has 1 aliphatic heterocycles. The number of hydrogen-bond donors (Lipinski definition) is 1. The van der Waals surface area contributed by atoms with Crippen LogP contribution >= 0.6 is 11.6 Å². The number of benzene rings is 1. The van der Waals surface area contributed by atoms with Gasteiger partial charge in [0.2, 0.25) is 0 Å². The highest BCUT2D eigenvalue weighted by Crippen LogP contribution is 2.35. The van der Waals surface area contributed by atoms with Gasteiger partial charge in [-0.1, -0.05) is 17.2 Å². The summed E-state index contributed by atoms with van der Waals surface area (Å²) < 4.78 is 0. The molecule has 0 aromatic heterocycles. The second-order valence-corrected chi connectivity index (χ2v) is 3.96. The summed E-state index contributed by atoms with van der Waals surface area (Å²) in [6.45, 7) is 3.84. The molecule has 72 valence electrons. The van der Waals surface area contributed by atoms with Gasteiger partial charge in [0, 0.05) is 21.8 Å². The lowest BCUT2D eigenvalue weighted by atomic mass is 10.0. The molecule has 0 bridgehead atoms. The number of fused-ring (bicyclic) bond motifs is 1. The molecule has 0 radical (unpaired) electrons. The largest absolute Gasteiger partial charge is 0.321 e. The van der Waals surface area contributed by atoms with E-state index in [-0.39, 0.29) is 5.91 Å². The Bertz CT molecular complexity index is 445. The first kappa shape index (κ1) is 9.28. The first-order chi connectivity index (χ1) is 6.59. The van der Waals surface area contributed by atoms with Gasteiger partial charge in [0.1, 0.15) is 0 Å². The van der Waals surface area contributed by atoms with E-state index in [1.165, 1.54) is 0 Å². The fraction of sp³-hybridized carbons (Fsp3) is 0.182. The van der Waals surface area contributed by atoms with Crippen molar-refractivity contribution in [1.82, 2.24) is 0 Å². The molecule has 0 aliphatic carbocycles. The average Bonchev–Trinajstić information content (AvgIpc) is 2.40. The Balaban J connectivity index is 2.68. The summed E-state index contributed by atoms with van der Waals surface area (Å²) in [6, 6.07) is 5.41. The molecular formula is C11H10ClNO. The van der Waals surface area contributed by atoms with Crippen LogP contribution in [0.2, 0.25) is 5.02 Å². The van der Waals surface area contributed by atoms with Crippen LogP contribution in [0.5, 0.6) is 0 Å². The SMILES string of the molecule is CC(C)=C1C(=O)Nc2ccc(Cl)cc21. The van der Waals surface area contributed by atoms with Crippen molar-refractivity contribution in [2.45, 2.75) is 13.8 Å². The lowest BCUT2D eigenvalue weighted by Crippen LogP contribution is -2.04. The summed E-state index contributed by atoms with van der Waals surface area (Å²) in [6.07, 6.45) is 0. The molecule has 2 rings (SSSR count). The third kappa shape index (κ3) is 1.32. The number of rotatable bonds is 0. The molecule has 0 fully saturated rings. The van der Waals surface area contributed by atoms with E-state index in [0.717, 1.165) is 22.4 Å². The lowest BCUT2D eigenvalue weighted by molar-refractivity contribution is -0.110. The summed E-state index contributed by atoms with van der Waals surface area (Å²) in [5.41, 5.74) is 3.49. The van der Waals surface area contributed by atoms with E-state index in [4.69, 9.17) is 11.6 Å². The standard InChI is InChI=1S/C11H10ClNO/c1-6(2)10-8-5-7(12)3-4-9(8)13-11(10)14/h3-5H,1-2H3,(H,13,14). The van der Waals surface area contributed by atoms with E-state index in [0.29, 0.717) is 5.02 Å². The topological polar surface area (TPSA) is 29.1 Å². The first-order valence-electron chi connectivity index (χ1n) is 4.38. The highest BCUT2D eigenvalue weighted by molar-refractivity contribution is 6.34. The van der Waals surface area contributed by atoms with Crippen molar-refractivity contribution >= 4 is 28.8 Å². The van der Waals surface area contributed by atoms with Crippen molar-refractivity contribution in [3.8, 4) is 0 Å². The van der Waals surface area contributed by atoms with E-state index >= 15 is 0 Å². The molecule has 1 heterocycles. The molecule has 1 aromatic rings. The maximum Gasteiger partial charge on any atom is 0.256 e. The van der Waals surface area contributed by atoms with Crippen LogP contribution in [0, 0.1) is 0 Å². The van der Waals surface area contributed by atoms with Crippen LogP contribution in [-0.4, -0.2) is 5.91 Å². The second-order valence-electron chi connectivity index (χ2n) is 3.52. The Morgan fingerprint density at radius 2 is 2.07 bits per heavy atom. The van der Waals surface area contributed by atoms with Gasteiger partial charge in [-0.25, -0.2) is 0 Å². The number of carbonyl (C=O) groups excluding carboxylic acids is 1. The summed E-state index contributed by atoms with van der Waals surface area (Å²) >= 11 is 5.88. The third-order valence-corrected chi connectivity index (χ3v) is 2.46. The van der Waals surface area contributed by atoms with Gasteiger partial charge in [-0.3, -0.25) is 4.79 Å². The minimum absolute atomic E-state index is 0.0396.